The fraction of sp³-hybridized carbons (Fsp3) is 0.444. The Bertz CT molecular complexity index is 628. The summed E-state index contributed by atoms with van der Waals surface area (Å²) in [7, 11) is 0. The molecule has 1 heterocycles. The third-order valence-corrected chi connectivity index (χ3v) is 5.36. The Morgan fingerprint density at radius 1 is 1.00 bits per heavy atom. The van der Waals surface area contributed by atoms with Gasteiger partial charge in [-0.15, -0.1) is 0 Å². The number of benzene rings is 1. The van der Waals surface area contributed by atoms with Gasteiger partial charge in [0.2, 0.25) is 0 Å². The molecule has 0 spiro atoms. The average Bonchev–Trinajstić information content (AvgIpc) is 2.88. The quantitative estimate of drug-likeness (QED) is 0.811. The molecule has 21 heavy (non-hydrogen) atoms. The SMILES string of the molecule is CCNC(c1ccoc1Br)c1c(C)c(C)c(C)c(C)c1C. The highest BCUT2D eigenvalue weighted by atomic mass is 79.9. The van der Waals surface area contributed by atoms with Gasteiger partial charge < -0.3 is 9.73 Å². The van der Waals surface area contributed by atoms with Gasteiger partial charge in [-0.3, -0.25) is 0 Å². The van der Waals surface area contributed by atoms with Crippen LogP contribution in [0, 0.1) is 34.6 Å². The topological polar surface area (TPSA) is 25.2 Å². The molecule has 1 atom stereocenters. The third-order valence-electron chi connectivity index (χ3n) is 4.71. The maximum absolute atomic E-state index is 5.45. The minimum Gasteiger partial charge on any atom is -0.457 e. The molecule has 1 unspecified atom stereocenters. The van der Waals surface area contributed by atoms with Crippen LogP contribution < -0.4 is 5.32 Å². The highest BCUT2D eigenvalue weighted by Crippen LogP contribution is 2.36. The smallest absolute Gasteiger partial charge is 0.174 e. The van der Waals surface area contributed by atoms with Crippen LogP contribution in [0.5, 0.6) is 0 Å². The monoisotopic (exact) mass is 349 g/mol. The molecule has 0 aliphatic carbocycles. The van der Waals surface area contributed by atoms with Crippen molar-refractivity contribution in [3.05, 3.63) is 55.9 Å². The molecular formula is C18H24BrNO. The summed E-state index contributed by atoms with van der Waals surface area (Å²) in [5.74, 6) is 0. The Labute approximate surface area is 136 Å². The summed E-state index contributed by atoms with van der Waals surface area (Å²) in [6.07, 6.45) is 1.74. The van der Waals surface area contributed by atoms with Gasteiger partial charge in [-0.1, -0.05) is 6.92 Å². The van der Waals surface area contributed by atoms with Crippen LogP contribution in [0.3, 0.4) is 0 Å². The number of hydrogen-bond acceptors (Lipinski definition) is 2. The van der Waals surface area contributed by atoms with E-state index in [4.69, 9.17) is 4.42 Å². The van der Waals surface area contributed by atoms with E-state index < -0.39 is 0 Å². The molecule has 114 valence electrons. The molecule has 2 nitrogen and oxygen atoms in total. The first-order valence-corrected chi connectivity index (χ1v) is 8.22. The van der Waals surface area contributed by atoms with Gasteiger partial charge in [0, 0.05) is 5.56 Å². The molecule has 3 heteroatoms. The molecular weight excluding hydrogens is 326 g/mol. The van der Waals surface area contributed by atoms with E-state index in [2.05, 4.69) is 62.8 Å². The van der Waals surface area contributed by atoms with Crippen molar-refractivity contribution in [3.63, 3.8) is 0 Å². The van der Waals surface area contributed by atoms with Crippen molar-refractivity contribution in [1.82, 2.24) is 5.32 Å². The van der Waals surface area contributed by atoms with Gasteiger partial charge in [0.15, 0.2) is 4.67 Å². The largest absolute Gasteiger partial charge is 0.457 e. The number of hydrogen-bond donors (Lipinski definition) is 1. The van der Waals surface area contributed by atoms with Gasteiger partial charge in [-0.05, 0) is 96.5 Å². The number of nitrogens with one attached hydrogen (secondary N) is 1. The second-order valence-electron chi connectivity index (χ2n) is 5.68. The highest BCUT2D eigenvalue weighted by Gasteiger charge is 2.24. The summed E-state index contributed by atoms with van der Waals surface area (Å²) in [4.78, 5) is 0. The summed E-state index contributed by atoms with van der Waals surface area (Å²) >= 11 is 3.53. The predicted octanol–water partition coefficient (Wildman–Crippen LogP) is 5.28. The van der Waals surface area contributed by atoms with Crippen LogP contribution in [0.1, 0.15) is 51.9 Å². The lowest BCUT2D eigenvalue weighted by molar-refractivity contribution is 0.526. The van der Waals surface area contributed by atoms with E-state index >= 15 is 0 Å². The van der Waals surface area contributed by atoms with Crippen LogP contribution in [0.25, 0.3) is 0 Å². The van der Waals surface area contributed by atoms with Crippen molar-refractivity contribution < 1.29 is 4.42 Å². The lowest BCUT2D eigenvalue weighted by Crippen LogP contribution is -2.24. The third kappa shape index (κ3) is 2.82. The van der Waals surface area contributed by atoms with E-state index in [-0.39, 0.29) is 6.04 Å². The summed E-state index contributed by atoms with van der Waals surface area (Å²) in [6, 6.07) is 2.20. The van der Waals surface area contributed by atoms with Crippen molar-refractivity contribution in [2.75, 3.05) is 6.54 Å². The first kappa shape index (κ1) is 16.3. The van der Waals surface area contributed by atoms with Crippen molar-refractivity contribution in [1.29, 1.82) is 0 Å². The van der Waals surface area contributed by atoms with E-state index in [1.807, 2.05) is 6.07 Å². The van der Waals surface area contributed by atoms with Gasteiger partial charge in [0.05, 0.1) is 12.3 Å². The molecule has 2 rings (SSSR count). The minimum atomic E-state index is 0.154. The van der Waals surface area contributed by atoms with Crippen LogP contribution in [0.15, 0.2) is 21.4 Å². The lowest BCUT2D eigenvalue weighted by Gasteiger charge is -2.26. The molecule has 1 aromatic heterocycles. The fourth-order valence-corrected chi connectivity index (χ4v) is 3.51. The average molecular weight is 350 g/mol. The first-order chi connectivity index (χ1) is 9.90. The van der Waals surface area contributed by atoms with E-state index in [0.717, 1.165) is 16.8 Å². The molecule has 0 amide bonds. The molecule has 0 saturated heterocycles. The molecule has 2 aromatic rings. The molecule has 0 bridgehead atoms. The Hall–Kier alpha value is -1.06. The van der Waals surface area contributed by atoms with Crippen molar-refractivity contribution in [2.45, 2.75) is 47.6 Å². The van der Waals surface area contributed by atoms with Crippen molar-refractivity contribution in [3.8, 4) is 0 Å². The summed E-state index contributed by atoms with van der Waals surface area (Å²) in [5.41, 5.74) is 9.44. The summed E-state index contributed by atoms with van der Waals surface area (Å²) < 4.78 is 6.26. The van der Waals surface area contributed by atoms with E-state index in [9.17, 15) is 0 Å². The Morgan fingerprint density at radius 2 is 1.52 bits per heavy atom. The van der Waals surface area contributed by atoms with Gasteiger partial charge in [0.25, 0.3) is 0 Å². The molecule has 1 N–H and O–H groups in total. The second-order valence-corrected chi connectivity index (χ2v) is 6.40. The fourth-order valence-electron chi connectivity index (χ4n) is 3.04. The van der Waals surface area contributed by atoms with Crippen molar-refractivity contribution in [2.24, 2.45) is 0 Å². The normalized spacial score (nSPS) is 12.7. The van der Waals surface area contributed by atoms with Gasteiger partial charge in [-0.2, -0.15) is 0 Å². The number of furan rings is 1. The second kappa shape index (κ2) is 6.37. The van der Waals surface area contributed by atoms with Crippen molar-refractivity contribution >= 4 is 15.9 Å². The van der Waals surface area contributed by atoms with Crippen LogP contribution in [0.2, 0.25) is 0 Å². The molecule has 0 saturated carbocycles. The zero-order valence-corrected chi connectivity index (χ0v) is 15.3. The lowest BCUT2D eigenvalue weighted by atomic mass is 9.84. The maximum Gasteiger partial charge on any atom is 0.174 e. The van der Waals surface area contributed by atoms with Gasteiger partial charge in [-0.25, -0.2) is 0 Å². The number of halogens is 1. The standard InChI is InChI=1S/C18H24BrNO/c1-7-20-17(15-8-9-21-18(15)19)16-13(5)11(3)10(2)12(4)14(16)6/h8-9,17,20H,7H2,1-6H3. The predicted molar refractivity (Wildman–Crippen MR) is 92.1 cm³/mol. The molecule has 0 aliphatic heterocycles. The van der Waals surface area contributed by atoms with Gasteiger partial charge in [0.1, 0.15) is 0 Å². The summed E-state index contributed by atoms with van der Waals surface area (Å²) in [6.45, 7) is 14.1. The van der Waals surface area contributed by atoms with Crippen LogP contribution >= 0.6 is 15.9 Å². The zero-order chi connectivity index (χ0) is 15.7. The Morgan fingerprint density at radius 3 is 1.95 bits per heavy atom. The molecule has 0 fully saturated rings. The Balaban J connectivity index is 2.70. The highest BCUT2D eigenvalue weighted by molar-refractivity contribution is 9.10. The first-order valence-electron chi connectivity index (χ1n) is 7.43. The van der Waals surface area contributed by atoms with E-state index in [0.29, 0.717) is 0 Å². The molecule has 0 radical (unpaired) electrons. The Kier molecular flexibility index (Phi) is 4.95. The summed E-state index contributed by atoms with van der Waals surface area (Å²) in [5, 5.41) is 3.61. The molecule has 0 aliphatic rings. The van der Waals surface area contributed by atoms with Crippen LogP contribution in [0.4, 0.5) is 0 Å². The zero-order valence-electron chi connectivity index (χ0n) is 13.7. The van der Waals surface area contributed by atoms with Crippen LogP contribution in [-0.2, 0) is 0 Å². The number of rotatable bonds is 4. The van der Waals surface area contributed by atoms with Crippen LogP contribution in [-0.4, -0.2) is 6.54 Å². The van der Waals surface area contributed by atoms with E-state index in [1.165, 1.54) is 33.4 Å². The molecule has 1 aromatic carbocycles. The van der Waals surface area contributed by atoms with E-state index in [1.54, 1.807) is 6.26 Å². The van der Waals surface area contributed by atoms with Gasteiger partial charge >= 0.3 is 0 Å². The minimum absolute atomic E-state index is 0.154. The maximum atomic E-state index is 5.45.